The largest absolute Gasteiger partial charge is 0.323 e. The number of hydrogen-bond donors (Lipinski definition) is 1. The van der Waals surface area contributed by atoms with E-state index in [0.29, 0.717) is 6.42 Å². The van der Waals surface area contributed by atoms with Crippen LogP contribution in [0.4, 0.5) is 0 Å². The zero-order valence-corrected chi connectivity index (χ0v) is 11.9. The summed E-state index contributed by atoms with van der Waals surface area (Å²) in [5.74, 6) is 0.954. The molecule has 1 atom stereocenters. The summed E-state index contributed by atoms with van der Waals surface area (Å²) < 4.78 is 1.93. The maximum absolute atomic E-state index is 6.25. The number of rotatable bonds is 5. The summed E-state index contributed by atoms with van der Waals surface area (Å²) in [6.45, 7) is 7.04. The molecule has 98 valence electrons. The second-order valence-electron chi connectivity index (χ2n) is 4.39. The highest BCUT2D eigenvalue weighted by molar-refractivity contribution is 7.11. The van der Waals surface area contributed by atoms with Gasteiger partial charge in [-0.25, -0.2) is 9.97 Å². The molecule has 2 aromatic rings. The SMILES string of the molecule is CCCn1ncnc1CC(N)c1sc(C)nc1C. The van der Waals surface area contributed by atoms with Crippen molar-refractivity contribution in [2.45, 2.75) is 46.2 Å². The van der Waals surface area contributed by atoms with Crippen LogP contribution in [-0.4, -0.2) is 19.7 Å². The van der Waals surface area contributed by atoms with Gasteiger partial charge in [0.25, 0.3) is 0 Å². The minimum atomic E-state index is -0.0454. The lowest BCUT2D eigenvalue weighted by Gasteiger charge is -2.10. The maximum Gasteiger partial charge on any atom is 0.138 e. The molecular weight excluding hydrogens is 246 g/mol. The molecule has 0 amide bonds. The first-order valence-electron chi connectivity index (χ1n) is 6.18. The number of thiazole rings is 1. The molecule has 0 fully saturated rings. The zero-order valence-electron chi connectivity index (χ0n) is 11.1. The normalized spacial score (nSPS) is 12.9. The summed E-state index contributed by atoms with van der Waals surface area (Å²) in [5.41, 5.74) is 7.29. The molecule has 0 aliphatic carbocycles. The summed E-state index contributed by atoms with van der Waals surface area (Å²) >= 11 is 1.67. The molecule has 0 aliphatic heterocycles. The van der Waals surface area contributed by atoms with Crippen molar-refractivity contribution in [1.29, 1.82) is 0 Å². The molecule has 0 spiro atoms. The quantitative estimate of drug-likeness (QED) is 0.897. The van der Waals surface area contributed by atoms with Gasteiger partial charge >= 0.3 is 0 Å². The molecule has 2 heterocycles. The first kappa shape index (κ1) is 13.2. The third-order valence-corrected chi connectivity index (χ3v) is 4.01. The van der Waals surface area contributed by atoms with Crippen molar-refractivity contribution >= 4 is 11.3 Å². The molecule has 2 N–H and O–H groups in total. The fourth-order valence-corrected chi connectivity index (χ4v) is 2.95. The highest BCUT2D eigenvalue weighted by Gasteiger charge is 2.16. The predicted octanol–water partition coefficient (Wildman–Crippen LogP) is 2.00. The van der Waals surface area contributed by atoms with Crippen LogP contribution in [0, 0.1) is 13.8 Å². The Balaban J connectivity index is 2.13. The fraction of sp³-hybridized carbons (Fsp3) is 0.583. The molecule has 18 heavy (non-hydrogen) atoms. The van der Waals surface area contributed by atoms with E-state index in [1.807, 2.05) is 18.5 Å². The number of hydrogen-bond acceptors (Lipinski definition) is 5. The summed E-state index contributed by atoms with van der Waals surface area (Å²) in [6, 6.07) is -0.0454. The Labute approximate surface area is 111 Å². The lowest BCUT2D eigenvalue weighted by atomic mass is 10.1. The van der Waals surface area contributed by atoms with Gasteiger partial charge in [0.2, 0.25) is 0 Å². The Morgan fingerprint density at radius 2 is 2.22 bits per heavy atom. The van der Waals surface area contributed by atoms with Crippen LogP contribution >= 0.6 is 11.3 Å². The molecule has 1 unspecified atom stereocenters. The van der Waals surface area contributed by atoms with Gasteiger partial charge in [-0.05, 0) is 20.3 Å². The van der Waals surface area contributed by atoms with Gasteiger partial charge < -0.3 is 5.73 Å². The fourth-order valence-electron chi connectivity index (χ4n) is 2.03. The van der Waals surface area contributed by atoms with Gasteiger partial charge in [-0.1, -0.05) is 6.92 Å². The summed E-state index contributed by atoms with van der Waals surface area (Å²) in [6.07, 6.45) is 3.36. The van der Waals surface area contributed by atoms with Crippen LogP contribution in [0.25, 0.3) is 0 Å². The standard InChI is InChI=1S/C12H19N5S/c1-4-5-17-11(14-7-15-17)6-10(13)12-8(2)16-9(3)18-12/h7,10H,4-6,13H2,1-3H3. The van der Waals surface area contributed by atoms with E-state index < -0.39 is 0 Å². The van der Waals surface area contributed by atoms with E-state index in [9.17, 15) is 0 Å². The van der Waals surface area contributed by atoms with Crippen molar-refractivity contribution in [1.82, 2.24) is 19.7 Å². The molecule has 0 saturated carbocycles. The van der Waals surface area contributed by atoms with Crippen LogP contribution < -0.4 is 5.73 Å². The number of nitrogens with two attached hydrogens (primary N) is 1. The predicted molar refractivity (Wildman–Crippen MR) is 72.5 cm³/mol. The van der Waals surface area contributed by atoms with E-state index in [4.69, 9.17) is 5.73 Å². The van der Waals surface area contributed by atoms with Gasteiger partial charge in [0, 0.05) is 23.9 Å². The molecule has 2 aromatic heterocycles. The van der Waals surface area contributed by atoms with E-state index in [1.165, 1.54) is 0 Å². The van der Waals surface area contributed by atoms with Crippen LogP contribution in [0.2, 0.25) is 0 Å². The van der Waals surface area contributed by atoms with Crippen LogP contribution in [0.5, 0.6) is 0 Å². The van der Waals surface area contributed by atoms with Crippen molar-refractivity contribution in [3.63, 3.8) is 0 Å². The molecule has 0 bridgehead atoms. The minimum absolute atomic E-state index is 0.0454. The van der Waals surface area contributed by atoms with Crippen molar-refractivity contribution in [2.75, 3.05) is 0 Å². The lowest BCUT2D eigenvalue weighted by Crippen LogP contribution is -2.17. The second kappa shape index (κ2) is 5.58. The average Bonchev–Trinajstić information content (AvgIpc) is 2.87. The first-order chi connectivity index (χ1) is 8.61. The summed E-state index contributed by atoms with van der Waals surface area (Å²) in [7, 11) is 0. The summed E-state index contributed by atoms with van der Waals surface area (Å²) in [4.78, 5) is 9.86. The van der Waals surface area contributed by atoms with Gasteiger partial charge in [-0.3, -0.25) is 4.68 Å². The second-order valence-corrected chi connectivity index (χ2v) is 5.63. The number of nitrogens with zero attached hydrogens (tertiary/aromatic N) is 4. The Kier molecular flexibility index (Phi) is 4.08. The van der Waals surface area contributed by atoms with E-state index in [0.717, 1.165) is 34.4 Å². The molecule has 2 rings (SSSR count). The minimum Gasteiger partial charge on any atom is -0.323 e. The highest BCUT2D eigenvalue weighted by Crippen LogP contribution is 2.25. The van der Waals surface area contributed by atoms with E-state index >= 15 is 0 Å². The molecule has 6 heteroatoms. The molecule has 5 nitrogen and oxygen atoms in total. The maximum atomic E-state index is 6.25. The summed E-state index contributed by atoms with van der Waals surface area (Å²) in [5, 5.41) is 5.28. The van der Waals surface area contributed by atoms with E-state index in [1.54, 1.807) is 17.7 Å². The average molecular weight is 265 g/mol. The van der Waals surface area contributed by atoms with Crippen LogP contribution in [0.15, 0.2) is 6.33 Å². The highest BCUT2D eigenvalue weighted by atomic mass is 32.1. The van der Waals surface area contributed by atoms with Gasteiger partial charge in [0.15, 0.2) is 0 Å². The van der Waals surface area contributed by atoms with Crippen LogP contribution in [0.3, 0.4) is 0 Å². The van der Waals surface area contributed by atoms with Gasteiger partial charge in [0.1, 0.15) is 12.2 Å². The monoisotopic (exact) mass is 265 g/mol. The Hall–Kier alpha value is -1.27. The van der Waals surface area contributed by atoms with Crippen molar-refractivity contribution < 1.29 is 0 Å². The van der Waals surface area contributed by atoms with Gasteiger partial charge in [-0.2, -0.15) is 5.10 Å². The molecule has 0 aromatic carbocycles. The Bertz CT molecular complexity index is 516. The topological polar surface area (TPSA) is 69.6 Å². The third kappa shape index (κ3) is 2.76. The molecule has 0 aliphatic rings. The first-order valence-corrected chi connectivity index (χ1v) is 6.99. The lowest BCUT2D eigenvalue weighted by molar-refractivity contribution is 0.549. The van der Waals surface area contributed by atoms with Crippen molar-refractivity contribution in [3.8, 4) is 0 Å². The molecule has 0 radical (unpaired) electrons. The zero-order chi connectivity index (χ0) is 13.1. The smallest absolute Gasteiger partial charge is 0.138 e. The van der Waals surface area contributed by atoms with Gasteiger partial charge in [0.05, 0.1) is 10.7 Å². The van der Waals surface area contributed by atoms with E-state index in [-0.39, 0.29) is 6.04 Å². The number of aryl methyl sites for hydroxylation is 3. The molecule has 0 saturated heterocycles. The number of aromatic nitrogens is 4. The Morgan fingerprint density at radius 1 is 1.44 bits per heavy atom. The van der Waals surface area contributed by atoms with Crippen molar-refractivity contribution in [2.24, 2.45) is 5.73 Å². The Morgan fingerprint density at radius 3 is 2.83 bits per heavy atom. The van der Waals surface area contributed by atoms with Crippen LogP contribution in [0.1, 0.15) is 40.8 Å². The molecular formula is C12H19N5S. The van der Waals surface area contributed by atoms with Gasteiger partial charge in [-0.15, -0.1) is 11.3 Å². The van der Waals surface area contributed by atoms with Crippen LogP contribution in [-0.2, 0) is 13.0 Å². The third-order valence-electron chi connectivity index (χ3n) is 2.81. The van der Waals surface area contributed by atoms with Crippen molar-refractivity contribution in [3.05, 3.63) is 27.7 Å². The van der Waals surface area contributed by atoms with E-state index in [2.05, 4.69) is 22.0 Å².